The number of alkyl halides is 1. The third kappa shape index (κ3) is 4.15. The third-order valence-electron chi connectivity index (χ3n) is 2.37. The quantitative estimate of drug-likeness (QED) is 0.671. The first-order chi connectivity index (χ1) is 8.04. The molecule has 90 valence electrons. The van der Waals surface area contributed by atoms with E-state index in [0.717, 1.165) is 22.8 Å². The highest BCUT2D eigenvalue weighted by Gasteiger charge is 2.08. The monoisotopic (exact) mass is 296 g/mol. The number of aliphatic carboxylic acids is 1. The van der Waals surface area contributed by atoms with E-state index >= 15 is 0 Å². The molecule has 0 amide bonds. The lowest BCUT2D eigenvalue weighted by Gasteiger charge is -2.08. The van der Waals surface area contributed by atoms with Gasteiger partial charge < -0.3 is 5.11 Å². The van der Waals surface area contributed by atoms with E-state index in [-0.39, 0.29) is 5.78 Å². The lowest BCUT2D eigenvalue weighted by atomic mass is 9.97. The summed E-state index contributed by atoms with van der Waals surface area (Å²) in [5.41, 5.74) is 2.66. The highest BCUT2D eigenvalue weighted by Crippen LogP contribution is 2.17. The molecule has 0 aliphatic rings. The topological polar surface area (TPSA) is 54.4 Å². The summed E-state index contributed by atoms with van der Waals surface area (Å²) >= 11 is 3.12. The predicted molar refractivity (Wildman–Crippen MR) is 70.4 cm³/mol. The van der Waals surface area contributed by atoms with Gasteiger partial charge in [-0.05, 0) is 29.7 Å². The van der Waals surface area contributed by atoms with Crippen molar-refractivity contribution in [3.63, 3.8) is 0 Å². The molecule has 1 rings (SSSR count). The zero-order chi connectivity index (χ0) is 12.8. The number of rotatable bonds is 5. The lowest BCUT2D eigenvalue weighted by Crippen LogP contribution is -2.06. The van der Waals surface area contributed by atoms with Crippen LogP contribution in [0.25, 0.3) is 6.08 Å². The van der Waals surface area contributed by atoms with E-state index in [2.05, 4.69) is 15.9 Å². The fraction of sp³-hybridized carbons (Fsp3) is 0.231. The maximum absolute atomic E-state index is 11.4. The summed E-state index contributed by atoms with van der Waals surface area (Å²) < 4.78 is 0. The number of Topliss-reactive ketones (excluding diaryl/α,β-unsaturated/α-hetero) is 1. The van der Waals surface area contributed by atoms with Crippen LogP contribution in [-0.2, 0) is 16.0 Å². The normalized spacial score (nSPS) is 10.7. The average Bonchev–Trinajstić information content (AvgIpc) is 2.29. The number of carboxylic acid groups (broad SMARTS) is 1. The fourth-order valence-corrected chi connectivity index (χ4v) is 1.73. The molecule has 0 heterocycles. The van der Waals surface area contributed by atoms with Crippen LogP contribution in [0, 0.1) is 6.92 Å². The molecule has 1 aromatic rings. The molecule has 17 heavy (non-hydrogen) atoms. The number of hydrogen-bond donors (Lipinski definition) is 1. The molecular formula is C13H13BrO3. The smallest absolute Gasteiger partial charge is 0.328 e. The van der Waals surface area contributed by atoms with E-state index in [1.54, 1.807) is 0 Å². The standard InChI is InChI=1S/C13H13BrO3/c1-9-3-2-4-10(5-6-13(16)17)12(9)7-11(15)8-14/h2-6H,7-8H2,1H3,(H,16,17)/b6-5+. The maximum Gasteiger partial charge on any atom is 0.328 e. The number of benzene rings is 1. The number of carbonyl (C=O) groups excluding carboxylic acids is 1. The molecule has 0 unspecified atom stereocenters. The van der Waals surface area contributed by atoms with Crippen molar-refractivity contribution in [2.45, 2.75) is 13.3 Å². The molecule has 0 aliphatic heterocycles. The minimum Gasteiger partial charge on any atom is -0.478 e. The van der Waals surface area contributed by atoms with Crippen molar-refractivity contribution in [3.8, 4) is 0 Å². The van der Waals surface area contributed by atoms with Gasteiger partial charge in [-0.15, -0.1) is 0 Å². The molecule has 4 heteroatoms. The van der Waals surface area contributed by atoms with Crippen LogP contribution in [0.2, 0.25) is 0 Å². The van der Waals surface area contributed by atoms with Crippen LogP contribution in [0.5, 0.6) is 0 Å². The van der Waals surface area contributed by atoms with Crippen LogP contribution in [-0.4, -0.2) is 22.2 Å². The van der Waals surface area contributed by atoms with E-state index in [9.17, 15) is 9.59 Å². The van der Waals surface area contributed by atoms with Crippen molar-refractivity contribution < 1.29 is 14.7 Å². The minimum absolute atomic E-state index is 0.0734. The van der Waals surface area contributed by atoms with E-state index in [1.165, 1.54) is 6.08 Å². The van der Waals surface area contributed by atoms with Gasteiger partial charge in [-0.3, -0.25) is 4.79 Å². The summed E-state index contributed by atoms with van der Waals surface area (Å²) in [7, 11) is 0. The molecule has 0 saturated heterocycles. The Kier molecular flexibility index (Phi) is 5.10. The molecule has 0 radical (unpaired) electrons. The van der Waals surface area contributed by atoms with E-state index in [0.29, 0.717) is 11.8 Å². The van der Waals surface area contributed by atoms with Gasteiger partial charge in [-0.1, -0.05) is 34.1 Å². The van der Waals surface area contributed by atoms with Crippen molar-refractivity contribution in [2.75, 3.05) is 5.33 Å². The van der Waals surface area contributed by atoms with Crippen molar-refractivity contribution >= 4 is 33.8 Å². The Hall–Kier alpha value is -1.42. The zero-order valence-electron chi connectivity index (χ0n) is 9.44. The molecule has 1 aromatic carbocycles. The van der Waals surface area contributed by atoms with E-state index in [1.807, 2.05) is 25.1 Å². The Labute approximate surface area is 108 Å². The molecule has 3 nitrogen and oxygen atoms in total. The summed E-state index contributed by atoms with van der Waals surface area (Å²) in [6.07, 6.45) is 2.92. The van der Waals surface area contributed by atoms with Gasteiger partial charge in [0.15, 0.2) is 0 Å². The van der Waals surface area contributed by atoms with Crippen LogP contribution < -0.4 is 0 Å². The van der Waals surface area contributed by atoms with Gasteiger partial charge in [0.2, 0.25) is 0 Å². The van der Waals surface area contributed by atoms with Crippen molar-refractivity contribution in [1.82, 2.24) is 0 Å². The third-order valence-corrected chi connectivity index (χ3v) is 3.00. The molecule has 0 atom stereocenters. The second-order valence-electron chi connectivity index (χ2n) is 3.66. The van der Waals surface area contributed by atoms with Crippen LogP contribution in [0.3, 0.4) is 0 Å². The molecule has 0 spiro atoms. The average molecular weight is 297 g/mol. The van der Waals surface area contributed by atoms with Gasteiger partial charge in [0.25, 0.3) is 0 Å². The number of aryl methyl sites for hydroxylation is 1. The van der Waals surface area contributed by atoms with Gasteiger partial charge in [0.05, 0.1) is 5.33 Å². The van der Waals surface area contributed by atoms with E-state index < -0.39 is 5.97 Å². The first-order valence-electron chi connectivity index (χ1n) is 5.11. The molecule has 0 saturated carbocycles. The Bertz CT molecular complexity index is 464. The number of carbonyl (C=O) groups is 2. The summed E-state index contributed by atoms with van der Waals surface area (Å²) in [6.45, 7) is 1.91. The largest absolute Gasteiger partial charge is 0.478 e. The molecule has 0 bridgehead atoms. The highest BCUT2D eigenvalue weighted by atomic mass is 79.9. The molecular weight excluding hydrogens is 284 g/mol. The number of carboxylic acids is 1. The number of ketones is 1. The van der Waals surface area contributed by atoms with Crippen LogP contribution in [0.15, 0.2) is 24.3 Å². The van der Waals surface area contributed by atoms with Gasteiger partial charge in [-0.2, -0.15) is 0 Å². The zero-order valence-corrected chi connectivity index (χ0v) is 11.0. The highest BCUT2D eigenvalue weighted by molar-refractivity contribution is 9.09. The van der Waals surface area contributed by atoms with Gasteiger partial charge in [-0.25, -0.2) is 4.79 Å². The molecule has 0 fully saturated rings. The maximum atomic E-state index is 11.4. The van der Waals surface area contributed by atoms with Gasteiger partial charge in [0.1, 0.15) is 5.78 Å². The first-order valence-corrected chi connectivity index (χ1v) is 6.24. The second kappa shape index (κ2) is 6.35. The van der Waals surface area contributed by atoms with Gasteiger partial charge >= 0.3 is 5.97 Å². The Balaban J connectivity index is 3.08. The molecule has 1 N–H and O–H groups in total. The van der Waals surface area contributed by atoms with Crippen LogP contribution in [0.4, 0.5) is 0 Å². The Morgan fingerprint density at radius 1 is 1.41 bits per heavy atom. The second-order valence-corrected chi connectivity index (χ2v) is 4.22. The minimum atomic E-state index is -0.996. The fourth-order valence-electron chi connectivity index (χ4n) is 1.53. The summed E-state index contributed by atoms with van der Waals surface area (Å²) in [6, 6.07) is 5.57. The van der Waals surface area contributed by atoms with Crippen LogP contribution in [0.1, 0.15) is 16.7 Å². The predicted octanol–water partition coefficient (Wildman–Crippen LogP) is 2.60. The summed E-state index contributed by atoms with van der Waals surface area (Å²) in [5.74, 6) is -0.923. The number of halogens is 1. The first kappa shape index (κ1) is 13.6. The lowest BCUT2D eigenvalue weighted by molar-refractivity contribution is -0.131. The van der Waals surface area contributed by atoms with Crippen molar-refractivity contribution in [2.24, 2.45) is 0 Å². The van der Waals surface area contributed by atoms with Gasteiger partial charge in [0, 0.05) is 12.5 Å². The summed E-state index contributed by atoms with van der Waals surface area (Å²) in [5, 5.41) is 8.91. The van der Waals surface area contributed by atoms with Crippen LogP contribution >= 0.6 is 15.9 Å². The van der Waals surface area contributed by atoms with Crippen molar-refractivity contribution in [3.05, 3.63) is 41.0 Å². The SMILES string of the molecule is Cc1cccc(/C=C/C(=O)O)c1CC(=O)CBr. The number of hydrogen-bond acceptors (Lipinski definition) is 2. The molecule has 0 aromatic heterocycles. The summed E-state index contributed by atoms with van der Waals surface area (Å²) in [4.78, 5) is 21.9. The Morgan fingerprint density at radius 2 is 2.12 bits per heavy atom. The Morgan fingerprint density at radius 3 is 2.71 bits per heavy atom. The molecule has 0 aliphatic carbocycles. The van der Waals surface area contributed by atoms with E-state index in [4.69, 9.17) is 5.11 Å². The van der Waals surface area contributed by atoms with Crippen molar-refractivity contribution in [1.29, 1.82) is 0 Å².